The van der Waals surface area contributed by atoms with Crippen molar-refractivity contribution in [3.8, 4) is 0 Å². The fraction of sp³-hybridized carbons (Fsp3) is 0.364. The van der Waals surface area contributed by atoms with Gasteiger partial charge in [0, 0.05) is 36.2 Å². The number of rotatable bonds is 7. The number of nitrogens with one attached hydrogen (secondary N) is 2. The second kappa shape index (κ2) is 9.89. The van der Waals surface area contributed by atoms with E-state index < -0.39 is 0 Å². The van der Waals surface area contributed by atoms with Crippen molar-refractivity contribution in [2.24, 2.45) is 0 Å². The summed E-state index contributed by atoms with van der Waals surface area (Å²) in [4.78, 5) is 23.8. The number of aromatic amines is 1. The minimum Gasteiger partial charge on any atom is -0.393 e. The van der Waals surface area contributed by atoms with E-state index in [1.165, 1.54) is 11.8 Å². The summed E-state index contributed by atoms with van der Waals surface area (Å²) in [7, 11) is 0. The summed E-state index contributed by atoms with van der Waals surface area (Å²) in [6.07, 6.45) is 1.47. The minimum absolute atomic E-state index is 0.132. The molecule has 32 heavy (non-hydrogen) atoms. The second-order valence-corrected chi connectivity index (χ2v) is 9.32. The van der Waals surface area contributed by atoms with Crippen LogP contribution < -0.4 is 10.2 Å². The smallest absolute Gasteiger partial charge is 0.196 e. The van der Waals surface area contributed by atoms with Crippen molar-refractivity contribution >= 4 is 46.6 Å². The third-order valence-corrected chi connectivity index (χ3v) is 6.34. The van der Waals surface area contributed by atoms with Gasteiger partial charge in [-0.15, -0.1) is 0 Å². The topological polar surface area (TPSA) is 107 Å². The molecule has 8 nitrogen and oxygen atoms in total. The van der Waals surface area contributed by atoms with Crippen LogP contribution in [0.1, 0.15) is 31.0 Å². The summed E-state index contributed by atoms with van der Waals surface area (Å²) in [6, 6.07) is 9.68. The van der Waals surface area contributed by atoms with Gasteiger partial charge in [-0.2, -0.15) is 5.10 Å². The Morgan fingerprint density at radius 3 is 2.62 bits per heavy atom. The fourth-order valence-electron chi connectivity index (χ4n) is 3.50. The van der Waals surface area contributed by atoms with Gasteiger partial charge in [0.15, 0.2) is 22.6 Å². The van der Waals surface area contributed by atoms with E-state index in [2.05, 4.69) is 25.4 Å². The third kappa shape index (κ3) is 5.59. The molecule has 1 aromatic carbocycles. The highest BCUT2D eigenvalue weighted by molar-refractivity contribution is 7.99. The Hall–Kier alpha value is -2.62. The summed E-state index contributed by atoms with van der Waals surface area (Å²) in [5, 5.41) is 21.1. The average molecular weight is 473 g/mol. The van der Waals surface area contributed by atoms with Crippen molar-refractivity contribution in [1.29, 1.82) is 0 Å². The Balaban J connectivity index is 1.63. The van der Waals surface area contributed by atoms with Crippen LogP contribution in [0.15, 0.2) is 40.4 Å². The van der Waals surface area contributed by atoms with Crippen LogP contribution in [-0.2, 0) is 11.2 Å². The van der Waals surface area contributed by atoms with Crippen molar-refractivity contribution in [1.82, 2.24) is 20.2 Å². The third-order valence-electron chi connectivity index (χ3n) is 5.12. The predicted octanol–water partition coefficient (Wildman–Crippen LogP) is 4.15. The molecule has 1 aliphatic heterocycles. The first-order valence-corrected chi connectivity index (χ1v) is 11.6. The SMILES string of the molecule is CC(=O)Cc1ccc(Sc2nc(Nc3cc(C)[nH]n3)c(Cl)c(N3CCC(O)CC3)n2)cc1. The Bertz CT molecular complexity index is 1100. The number of Topliss-reactive ketones (excluding diaryl/α,β-unsaturated/α-hetero) is 1. The van der Waals surface area contributed by atoms with Gasteiger partial charge in [0.1, 0.15) is 10.8 Å². The highest BCUT2D eigenvalue weighted by Crippen LogP contribution is 2.36. The highest BCUT2D eigenvalue weighted by atomic mass is 35.5. The average Bonchev–Trinajstić information content (AvgIpc) is 3.16. The van der Waals surface area contributed by atoms with Crippen LogP contribution in [0.2, 0.25) is 5.02 Å². The van der Waals surface area contributed by atoms with Gasteiger partial charge < -0.3 is 15.3 Å². The van der Waals surface area contributed by atoms with Crippen LogP contribution in [0.4, 0.5) is 17.5 Å². The van der Waals surface area contributed by atoms with Crippen LogP contribution in [0.25, 0.3) is 0 Å². The number of carbonyl (C=O) groups excluding carboxylic acids is 1. The Kier molecular flexibility index (Phi) is 6.98. The molecule has 1 fully saturated rings. The van der Waals surface area contributed by atoms with E-state index in [-0.39, 0.29) is 11.9 Å². The lowest BCUT2D eigenvalue weighted by Gasteiger charge is -2.31. The van der Waals surface area contributed by atoms with Gasteiger partial charge in [0.2, 0.25) is 0 Å². The standard InChI is InChI=1S/C22H25ClN6O2S/c1-13-11-18(28-27-13)24-20-19(23)21(29-9-7-16(31)8-10-29)26-22(25-20)32-17-5-3-15(4-6-17)12-14(2)30/h3-6,11,16,31H,7-10,12H2,1-2H3,(H2,24,25,26,27,28). The molecule has 4 rings (SSSR count). The molecule has 168 valence electrons. The first-order chi connectivity index (χ1) is 15.4. The summed E-state index contributed by atoms with van der Waals surface area (Å²) in [6.45, 7) is 4.84. The first kappa shape index (κ1) is 22.6. The number of aliphatic hydroxyl groups is 1. The summed E-state index contributed by atoms with van der Waals surface area (Å²) in [5.74, 6) is 1.86. The number of nitrogens with zero attached hydrogens (tertiary/aromatic N) is 4. The molecular weight excluding hydrogens is 448 g/mol. The molecule has 0 saturated carbocycles. The van der Waals surface area contributed by atoms with Crippen LogP contribution in [0, 0.1) is 6.92 Å². The molecule has 0 radical (unpaired) electrons. The zero-order valence-corrected chi connectivity index (χ0v) is 19.5. The number of hydrogen-bond donors (Lipinski definition) is 3. The van der Waals surface area contributed by atoms with Crippen LogP contribution >= 0.6 is 23.4 Å². The van der Waals surface area contributed by atoms with E-state index in [0.717, 1.165) is 16.2 Å². The number of ketones is 1. The van der Waals surface area contributed by atoms with E-state index in [9.17, 15) is 9.90 Å². The zero-order chi connectivity index (χ0) is 22.7. The molecule has 3 heterocycles. The molecule has 3 aromatic rings. The number of aromatic nitrogens is 4. The van der Waals surface area contributed by atoms with Crippen molar-refractivity contribution < 1.29 is 9.90 Å². The number of aryl methyl sites for hydroxylation is 1. The second-order valence-electron chi connectivity index (χ2n) is 7.90. The largest absolute Gasteiger partial charge is 0.393 e. The predicted molar refractivity (Wildman–Crippen MR) is 126 cm³/mol. The van der Waals surface area contributed by atoms with Crippen molar-refractivity contribution in [2.45, 2.75) is 49.3 Å². The summed E-state index contributed by atoms with van der Waals surface area (Å²) >= 11 is 8.13. The van der Waals surface area contributed by atoms with E-state index in [4.69, 9.17) is 16.6 Å². The number of anilines is 3. The molecule has 0 unspecified atom stereocenters. The Labute approximate surface area is 195 Å². The summed E-state index contributed by atoms with van der Waals surface area (Å²) < 4.78 is 0. The monoisotopic (exact) mass is 472 g/mol. The minimum atomic E-state index is -0.293. The number of benzene rings is 1. The van der Waals surface area contributed by atoms with Gasteiger partial charge in [-0.1, -0.05) is 23.7 Å². The molecule has 3 N–H and O–H groups in total. The van der Waals surface area contributed by atoms with Crippen LogP contribution in [-0.4, -0.2) is 50.2 Å². The number of carbonyl (C=O) groups is 1. The molecule has 0 bridgehead atoms. The fourth-order valence-corrected chi connectivity index (χ4v) is 4.51. The maximum atomic E-state index is 11.3. The lowest BCUT2D eigenvalue weighted by atomic mass is 10.1. The lowest BCUT2D eigenvalue weighted by Crippen LogP contribution is -2.36. The van der Waals surface area contributed by atoms with Crippen LogP contribution in [0.5, 0.6) is 0 Å². The normalized spacial score (nSPS) is 14.6. The molecular formula is C22H25ClN6O2S. The molecule has 0 amide bonds. The molecule has 1 aliphatic rings. The van der Waals surface area contributed by atoms with E-state index >= 15 is 0 Å². The molecule has 0 aliphatic carbocycles. The van der Waals surface area contributed by atoms with Gasteiger partial charge >= 0.3 is 0 Å². The van der Waals surface area contributed by atoms with Gasteiger partial charge in [0.25, 0.3) is 0 Å². The number of hydrogen-bond acceptors (Lipinski definition) is 8. The van der Waals surface area contributed by atoms with Gasteiger partial charge in [0.05, 0.1) is 6.10 Å². The van der Waals surface area contributed by atoms with E-state index in [1.54, 1.807) is 6.92 Å². The zero-order valence-electron chi connectivity index (χ0n) is 17.9. The van der Waals surface area contributed by atoms with Gasteiger partial charge in [-0.05, 0) is 56.1 Å². The van der Waals surface area contributed by atoms with Gasteiger partial charge in [-0.3, -0.25) is 9.89 Å². The quantitative estimate of drug-likeness (QED) is 0.440. The maximum Gasteiger partial charge on any atom is 0.196 e. The molecule has 1 saturated heterocycles. The lowest BCUT2D eigenvalue weighted by molar-refractivity contribution is -0.116. The maximum absolute atomic E-state index is 11.3. The summed E-state index contributed by atoms with van der Waals surface area (Å²) in [5.41, 5.74) is 1.89. The van der Waals surface area contributed by atoms with E-state index in [0.29, 0.717) is 60.0 Å². The van der Waals surface area contributed by atoms with Gasteiger partial charge in [-0.25, -0.2) is 9.97 Å². The van der Waals surface area contributed by atoms with Crippen LogP contribution in [0.3, 0.4) is 0 Å². The highest BCUT2D eigenvalue weighted by Gasteiger charge is 2.24. The Morgan fingerprint density at radius 2 is 2.00 bits per heavy atom. The first-order valence-electron chi connectivity index (χ1n) is 10.4. The Morgan fingerprint density at radius 1 is 1.28 bits per heavy atom. The number of piperidine rings is 1. The van der Waals surface area contributed by atoms with Crippen molar-refractivity contribution in [3.63, 3.8) is 0 Å². The number of halogens is 1. The van der Waals surface area contributed by atoms with Crippen molar-refractivity contribution in [2.75, 3.05) is 23.3 Å². The van der Waals surface area contributed by atoms with E-state index in [1.807, 2.05) is 37.3 Å². The number of aliphatic hydroxyl groups excluding tert-OH is 1. The molecule has 0 spiro atoms. The molecule has 10 heteroatoms. The molecule has 2 aromatic heterocycles. The molecule has 0 atom stereocenters. The van der Waals surface area contributed by atoms with Crippen molar-refractivity contribution in [3.05, 3.63) is 46.6 Å². The number of H-pyrrole nitrogens is 1.